The van der Waals surface area contributed by atoms with Gasteiger partial charge < -0.3 is 15.2 Å². The van der Waals surface area contributed by atoms with Crippen molar-refractivity contribution in [2.24, 2.45) is 17.8 Å². The lowest BCUT2D eigenvalue weighted by molar-refractivity contribution is 0.487. The Labute approximate surface area is 113 Å². The highest BCUT2D eigenvalue weighted by Gasteiger charge is 2.27. The number of imidazole rings is 1. The van der Waals surface area contributed by atoms with E-state index in [1.54, 1.807) is 6.33 Å². The molecule has 1 heterocycles. The first-order valence-electron chi connectivity index (χ1n) is 5.16. The summed E-state index contributed by atoms with van der Waals surface area (Å²) >= 11 is 0. The second-order valence-corrected chi connectivity index (χ2v) is 4.01. The third-order valence-corrected chi connectivity index (χ3v) is 2.78. The van der Waals surface area contributed by atoms with Crippen LogP contribution in [-0.2, 0) is 13.6 Å². The molecule has 1 aromatic rings. The number of aliphatic imine (C=N–C) groups is 1. The van der Waals surface area contributed by atoms with Gasteiger partial charge in [0.25, 0.3) is 0 Å². The summed E-state index contributed by atoms with van der Waals surface area (Å²) in [4.78, 5) is 10.4. The summed E-state index contributed by atoms with van der Waals surface area (Å²) in [5, 5.41) is 0. The van der Waals surface area contributed by atoms with Gasteiger partial charge in [-0.1, -0.05) is 0 Å². The van der Waals surface area contributed by atoms with Gasteiger partial charge in [0.05, 0.1) is 24.8 Å². The van der Waals surface area contributed by atoms with Crippen LogP contribution in [0.15, 0.2) is 17.5 Å². The lowest BCUT2D eigenvalue weighted by Crippen LogP contribution is -2.35. The molecule has 5 nitrogen and oxygen atoms in total. The van der Waals surface area contributed by atoms with Crippen molar-refractivity contribution in [2.45, 2.75) is 25.4 Å². The zero-order chi connectivity index (χ0) is 10.8. The van der Waals surface area contributed by atoms with Crippen molar-refractivity contribution in [2.75, 3.05) is 7.05 Å². The summed E-state index contributed by atoms with van der Waals surface area (Å²) in [5.74, 6) is 0.624. The van der Waals surface area contributed by atoms with Crippen molar-refractivity contribution in [3.63, 3.8) is 0 Å². The highest BCUT2D eigenvalue weighted by atomic mass is 127. The Morgan fingerprint density at radius 3 is 2.88 bits per heavy atom. The second-order valence-electron chi connectivity index (χ2n) is 4.01. The summed E-state index contributed by atoms with van der Waals surface area (Å²) in [6.45, 7) is 0.597. The van der Waals surface area contributed by atoms with Crippen molar-refractivity contribution >= 4 is 29.9 Å². The zero-order valence-electron chi connectivity index (χ0n) is 9.63. The lowest BCUT2D eigenvalue weighted by Gasteiger charge is -2.16. The summed E-state index contributed by atoms with van der Waals surface area (Å²) < 4.78 is 1.95. The SMILES string of the molecule is CN(C(N)=NCc1cncn1C)C1CC1.I. The Morgan fingerprint density at radius 2 is 2.38 bits per heavy atom. The molecule has 90 valence electrons. The lowest BCUT2D eigenvalue weighted by atomic mass is 10.5. The van der Waals surface area contributed by atoms with Crippen molar-refractivity contribution in [3.8, 4) is 0 Å². The Morgan fingerprint density at radius 1 is 1.69 bits per heavy atom. The van der Waals surface area contributed by atoms with Crippen molar-refractivity contribution < 1.29 is 0 Å². The van der Waals surface area contributed by atoms with Crippen LogP contribution in [0.2, 0.25) is 0 Å². The van der Waals surface area contributed by atoms with Gasteiger partial charge in [-0.05, 0) is 12.8 Å². The summed E-state index contributed by atoms with van der Waals surface area (Å²) in [6, 6.07) is 0.611. The average Bonchev–Trinajstić information content (AvgIpc) is 2.99. The molecule has 2 N–H and O–H groups in total. The molecule has 0 aromatic carbocycles. The van der Waals surface area contributed by atoms with E-state index in [0.29, 0.717) is 18.5 Å². The molecular formula is C10H18IN5. The van der Waals surface area contributed by atoms with E-state index in [-0.39, 0.29) is 24.0 Å². The number of hydrogen-bond acceptors (Lipinski definition) is 2. The van der Waals surface area contributed by atoms with E-state index in [2.05, 4.69) is 14.9 Å². The van der Waals surface area contributed by atoms with Crippen LogP contribution in [0.4, 0.5) is 0 Å². The van der Waals surface area contributed by atoms with E-state index in [9.17, 15) is 0 Å². The summed E-state index contributed by atoms with van der Waals surface area (Å²) in [7, 11) is 3.96. The van der Waals surface area contributed by atoms with Gasteiger partial charge in [0.15, 0.2) is 5.96 Å². The fraction of sp³-hybridized carbons (Fsp3) is 0.600. The maximum Gasteiger partial charge on any atom is 0.191 e. The number of aryl methyl sites for hydroxylation is 1. The number of rotatable bonds is 3. The van der Waals surface area contributed by atoms with Crippen molar-refractivity contribution in [1.29, 1.82) is 0 Å². The second kappa shape index (κ2) is 5.51. The third kappa shape index (κ3) is 3.10. The maximum atomic E-state index is 5.87. The monoisotopic (exact) mass is 335 g/mol. The van der Waals surface area contributed by atoms with Crippen molar-refractivity contribution in [1.82, 2.24) is 14.5 Å². The molecular weight excluding hydrogens is 317 g/mol. The number of aromatic nitrogens is 2. The average molecular weight is 335 g/mol. The van der Waals surface area contributed by atoms with Crippen LogP contribution in [0, 0.1) is 0 Å². The first-order chi connectivity index (χ1) is 7.18. The minimum Gasteiger partial charge on any atom is -0.370 e. The Balaban J connectivity index is 0.00000128. The van der Waals surface area contributed by atoms with Gasteiger partial charge in [-0.2, -0.15) is 0 Å². The smallest absolute Gasteiger partial charge is 0.191 e. The van der Waals surface area contributed by atoms with E-state index in [4.69, 9.17) is 5.73 Å². The Kier molecular flexibility index (Phi) is 4.57. The molecule has 2 rings (SSSR count). The van der Waals surface area contributed by atoms with E-state index in [1.165, 1.54) is 12.8 Å². The molecule has 0 unspecified atom stereocenters. The molecule has 1 aromatic heterocycles. The normalized spacial score (nSPS) is 15.8. The molecule has 1 fully saturated rings. The van der Waals surface area contributed by atoms with Crippen LogP contribution >= 0.6 is 24.0 Å². The molecule has 6 heteroatoms. The van der Waals surface area contributed by atoms with Gasteiger partial charge in [0, 0.05) is 20.1 Å². The van der Waals surface area contributed by atoms with E-state index >= 15 is 0 Å². The van der Waals surface area contributed by atoms with Gasteiger partial charge >= 0.3 is 0 Å². The molecule has 0 atom stereocenters. The molecule has 0 spiro atoms. The van der Waals surface area contributed by atoms with Gasteiger partial charge in [0.1, 0.15) is 0 Å². The summed E-state index contributed by atoms with van der Waals surface area (Å²) in [6.07, 6.45) is 6.05. The van der Waals surface area contributed by atoms with Crippen LogP contribution in [0.25, 0.3) is 0 Å². The van der Waals surface area contributed by atoms with E-state index < -0.39 is 0 Å². The highest BCUT2D eigenvalue weighted by molar-refractivity contribution is 14.0. The number of halogens is 1. The molecule has 0 bridgehead atoms. The number of nitrogens with two attached hydrogens (primary N) is 1. The zero-order valence-corrected chi connectivity index (χ0v) is 12.0. The molecule has 0 aliphatic heterocycles. The molecule has 0 amide bonds. The minimum absolute atomic E-state index is 0. The quantitative estimate of drug-likeness (QED) is 0.508. The van der Waals surface area contributed by atoms with Crippen LogP contribution in [-0.4, -0.2) is 33.5 Å². The fourth-order valence-corrected chi connectivity index (χ4v) is 1.46. The minimum atomic E-state index is 0. The number of guanidine groups is 1. The summed E-state index contributed by atoms with van der Waals surface area (Å²) in [5.41, 5.74) is 6.94. The highest BCUT2D eigenvalue weighted by Crippen LogP contribution is 2.24. The first-order valence-corrected chi connectivity index (χ1v) is 5.16. The molecule has 1 saturated carbocycles. The predicted octanol–water partition coefficient (Wildman–Crippen LogP) is 0.947. The Hall–Kier alpha value is -0.790. The number of nitrogens with zero attached hydrogens (tertiary/aromatic N) is 4. The van der Waals surface area contributed by atoms with Crippen molar-refractivity contribution in [3.05, 3.63) is 18.2 Å². The molecule has 1 aliphatic carbocycles. The molecule has 0 radical (unpaired) electrons. The topological polar surface area (TPSA) is 59.4 Å². The van der Waals surface area contributed by atoms with Crippen LogP contribution in [0.5, 0.6) is 0 Å². The first kappa shape index (κ1) is 13.3. The van der Waals surface area contributed by atoms with Crippen LogP contribution in [0.3, 0.4) is 0 Å². The standard InChI is InChI=1S/C10H17N5.HI/c1-14-7-12-5-9(14)6-13-10(11)15(2)8-3-4-8;/h5,7-8H,3-4,6H2,1-2H3,(H2,11,13);1H. The fourth-order valence-electron chi connectivity index (χ4n) is 1.46. The maximum absolute atomic E-state index is 5.87. The molecule has 0 saturated heterocycles. The van der Waals surface area contributed by atoms with Crippen LogP contribution in [0.1, 0.15) is 18.5 Å². The van der Waals surface area contributed by atoms with Gasteiger partial charge in [-0.15, -0.1) is 24.0 Å². The predicted molar refractivity (Wildman–Crippen MR) is 74.7 cm³/mol. The molecule has 16 heavy (non-hydrogen) atoms. The Bertz CT molecular complexity index is 369. The van der Waals surface area contributed by atoms with E-state index in [0.717, 1.165) is 5.69 Å². The molecule has 1 aliphatic rings. The largest absolute Gasteiger partial charge is 0.370 e. The van der Waals surface area contributed by atoms with Gasteiger partial charge in [0.2, 0.25) is 0 Å². The van der Waals surface area contributed by atoms with E-state index in [1.807, 2.05) is 24.9 Å². The van der Waals surface area contributed by atoms with Gasteiger partial charge in [-0.3, -0.25) is 0 Å². The number of hydrogen-bond donors (Lipinski definition) is 1. The van der Waals surface area contributed by atoms with Crippen LogP contribution < -0.4 is 5.73 Å². The van der Waals surface area contributed by atoms with Gasteiger partial charge in [-0.25, -0.2) is 9.98 Å². The third-order valence-electron chi connectivity index (χ3n) is 2.78.